The summed E-state index contributed by atoms with van der Waals surface area (Å²) in [6.07, 6.45) is 6.01. The van der Waals surface area contributed by atoms with E-state index in [9.17, 15) is 4.79 Å². The molecular weight excluding hydrogens is 176 g/mol. The van der Waals surface area contributed by atoms with Crippen LogP contribution in [0.5, 0.6) is 0 Å². The highest BCUT2D eigenvalue weighted by molar-refractivity contribution is 6.42. The molecule has 0 aliphatic carbocycles. The zero-order valence-electron chi connectivity index (χ0n) is 6.07. The van der Waals surface area contributed by atoms with Crippen molar-refractivity contribution >= 4 is 29.3 Å². The van der Waals surface area contributed by atoms with Crippen LogP contribution in [0, 0.1) is 0 Å². The number of aliphatic imine (C=N–C) groups is 2. The van der Waals surface area contributed by atoms with Crippen LogP contribution >= 0.6 is 11.6 Å². The van der Waals surface area contributed by atoms with E-state index in [2.05, 4.69) is 9.98 Å². The Morgan fingerprint density at radius 1 is 1.50 bits per heavy atom. The Morgan fingerprint density at radius 3 is 3.17 bits per heavy atom. The summed E-state index contributed by atoms with van der Waals surface area (Å²) in [5, 5.41) is 0.508. The van der Waals surface area contributed by atoms with Gasteiger partial charge in [0.25, 0.3) is 0 Å². The van der Waals surface area contributed by atoms with Gasteiger partial charge in [-0.3, -0.25) is 14.8 Å². The van der Waals surface area contributed by atoms with E-state index in [4.69, 9.17) is 11.6 Å². The first-order valence-corrected chi connectivity index (χ1v) is 3.83. The van der Waals surface area contributed by atoms with Crippen LogP contribution in [-0.2, 0) is 4.79 Å². The lowest BCUT2D eigenvalue weighted by Gasteiger charge is -2.15. The van der Waals surface area contributed by atoms with E-state index in [1.54, 1.807) is 6.08 Å². The third-order valence-corrected chi connectivity index (χ3v) is 1.85. The summed E-state index contributed by atoms with van der Waals surface area (Å²) in [6.45, 7) is 0. The number of ketones is 1. The SMILES string of the molecule is O=C1C=CN=C2C=C(Cl)C=NC12. The van der Waals surface area contributed by atoms with Crippen LogP contribution in [-0.4, -0.2) is 23.8 Å². The molecule has 1 unspecified atom stereocenters. The predicted molar refractivity (Wildman–Crippen MR) is 47.8 cm³/mol. The van der Waals surface area contributed by atoms with Crippen LogP contribution in [0.2, 0.25) is 0 Å². The first-order valence-electron chi connectivity index (χ1n) is 3.46. The molecule has 2 heterocycles. The van der Waals surface area contributed by atoms with Crippen molar-refractivity contribution in [1.82, 2.24) is 0 Å². The Labute approximate surface area is 74.2 Å². The molecule has 60 valence electrons. The van der Waals surface area contributed by atoms with Crippen molar-refractivity contribution in [3.8, 4) is 0 Å². The van der Waals surface area contributed by atoms with Gasteiger partial charge in [0.15, 0.2) is 11.8 Å². The lowest BCUT2D eigenvalue weighted by atomic mass is 10.0. The van der Waals surface area contributed by atoms with Crippen LogP contribution < -0.4 is 0 Å². The number of hydrogen-bond acceptors (Lipinski definition) is 3. The fraction of sp³-hybridized carbons (Fsp3) is 0.125. The summed E-state index contributed by atoms with van der Waals surface area (Å²) in [6, 6.07) is -0.461. The van der Waals surface area contributed by atoms with Gasteiger partial charge in [-0.1, -0.05) is 11.6 Å². The van der Waals surface area contributed by atoms with Gasteiger partial charge in [-0.25, -0.2) is 0 Å². The van der Waals surface area contributed by atoms with Crippen LogP contribution in [0.3, 0.4) is 0 Å². The summed E-state index contributed by atoms with van der Waals surface area (Å²) in [5.74, 6) is -0.0448. The van der Waals surface area contributed by atoms with Crippen molar-refractivity contribution in [1.29, 1.82) is 0 Å². The van der Waals surface area contributed by atoms with E-state index in [1.165, 1.54) is 18.5 Å². The smallest absolute Gasteiger partial charge is 0.187 e. The fourth-order valence-corrected chi connectivity index (χ4v) is 1.26. The van der Waals surface area contributed by atoms with Crippen molar-refractivity contribution in [2.75, 3.05) is 0 Å². The molecule has 0 aromatic rings. The first kappa shape index (κ1) is 7.43. The predicted octanol–water partition coefficient (Wildman–Crippen LogP) is 1.10. The monoisotopic (exact) mass is 180 g/mol. The Kier molecular flexibility index (Phi) is 1.66. The van der Waals surface area contributed by atoms with Crippen molar-refractivity contribution in [3.05, 3.63) is 23.4 Å². The average molecular weight is 181 g/mol. The first-order chi connectivity index (χ1) is 5.77. The minimum Gasteiger partial charge on any atom is -0.292 e. The minimum absolute atomic E-state index is 0.0448. The van der Waals surface area contributed by atoms with Crippen LogP contribution in [0.25, 0.3) is 0 Å². The Bertz CT molecular complexity index is 352. The standard InChI is InChI=1S/C8H5ClN2O/c9-5-3-6-8(11-4-5)7(12)1-2-10-6/h1-4,8H. The van der Waals surface area contributed by atoms with Crippen molar-refractivity contribution in [3.63, 3.8) is 0 Å². The fourth-order valence-electron chi connectivity index (χ4n) is 1.09. The highest BCUT2D eigenvalue weighted by atomic mass is 35.5. The number of halogens is 1. The van der Waals surface area contributed by atoms with Gasteiger partial charge in [0.1, 0.15) is 0 Å². The van der Waals surface area contributed by atoms with Crippen LogP contribution in [0.15, 0.2) is 33.4 Å². The zero-order chi connectivity index (χ0) is 8.55. The molecule has 0 aromatic carbocycles. The highest BCUT2D eigenvalue weighted by Gasteiger charge is 2.24. The lowest BCUT2D eigenvalue weighted by Crippen LogP contribution is -2.29. The van der Waals surface area contributed by atoms with E-state index < -0.39 is 6.04 Å². The third-order valence-electron chi connectivity index (χ3n) is 1.64. The molecule has 0 bridgehead atoms. The molecule has 0 N–H and O–H groups in total. The maximum Gasteiger partial charge on any atom is 0.187 e. The number of carbonyl (C=O) groups is 1. The number of hydrogen-bond donors (Lipinski definition) is 0. The molecule has 2 rings (SSSR count). The zero-order valence-corrected chi connectivity index (χ0v) is 6.82. The molecule has 0 fully saturated rings. The second-order valence-electron chi connectivity index (χ2n) is 2.48. The number of dihydropyridines is 1. The van der Waals surface area contributed by atoms with E-state index in [0.29, 0.717) is 10.7 Å². The summed E-state index contributed by atoms with van der Waals surface area (Å²) in [4.78, 5) is 19.1. The molecule has 0 saturated carbocycles. The molecule has 0 spiro atoms. The van der Waals surface area contributed by atoms with Gasteiger partial charge in [-0.15, -0.1) is 0 Å². The Hall–Kier alpha value is -1.22. The van der Waals surface area contributed by atoms with Gasteiger partial charge in [0.05, 0.1) is 10.7 Å². The molecule has 2 aliphatic rings. The van der Waals surface area contributed by atoms with Crippen molar-refractivity contribution in [2.24, 2.45) is 9.98 Å². The molecule has 12 heavy (non-hydrogen) atoms. The molecule has 0 radical (unpaired) electrons. The number of rotatable bonds is 0. The van der Waals surface area contributed by atoms with Gasteiger partial charge in [0, 0.05) is 18.5 Å². The molecule has 0 aromatic heterocycles. The average Bonchev–Trinajstić information content (AvgIpc) is 2.04. The lowest BCUT2D eigenvalue weighted by molar-refractivity contribution is -0.114. The van der Waals surface area contributed by atoms with Crippen LogP contribution in [0.4, 0.5) is 0 Å². The number of fused-ring (bicyclic) bond motifs is 1. The van der Waals surface area contributed by atoms with Crippen LogP contribution in [0.1, 0.15) is 0 Å². The summed E-state index contributed by atoms with van der Waals surface area (Å²) < 4.78 is 0. The van der Waals surface area contributed by atoms with Gasteiger partial charge >= 0.3 is 0 Å². The van der Waals surface area contributed by atoms with Gasteiger partial charge in [-0.2, -0.15) is 0 Å². The van der Waals surface area contributed by atoms with Gasteiger partial charge in [-0.05, 0) is 6.08 Å². The summed E-state index contributed by atoms with van der Waals surface area (Å²) >= 11 is 5.68. The van der Waals surface area contributed by atoms with Gasteiger partial charge in [0.2, 0.25) is 0 Å². The molecule has 0 saturated heterocycles. The molecule has 3 nitrogen and oxygen atoms in total. The Balaban J connectivity index is 2.43. The molecule has 4 heteroatoms. The largest absolute Gasteiger partial charge is 0.292 e. The van der Waals surface area contributed by atoms with E-state index in [1.807, 2.05) is 0 Å². The quantitative estimate of drug-likeness (QED) is 0.551. The normalized spacial score (nSPS) is 26.4. The van der Waals surface area contributed by atoms with Crippen molar-refractivity contribution in [2.45, 2.75) is 6.04 Å². The Morgan fingerprint density at radius 2 is 2.33 bits per heavy atom. The number of nitrogens with zero attached hydrogens (tertiary/aromatic N) is 2. The number of carbonyl (C=O) groups excluding carboxylic acids is 1. The molecular formula is C8H5ClN2O. The number of allylic oxidation sites excluding steroid dienone is 1. The molecule has 2 aliphatic heterocycles. The molecule has 0 amide bonds. The third kappa shape index (κ3) is 1.12. The summed E-state index contributed by atoms with van der Waals surface area (Å²) in [5.41, 5.74) is 0.620. The van der Waals surface area contributed by atoms with E-state index in [-0.39, 0.29) is 5.78 Å². The van der Waals surface area contributed by atoms with Crippen molar-refractivity contribution < 1.29 is 4.79 Å². The van der Waals surface area contributed by atoms with E-state index in [0.717, 1.165) is 0 Å². The topological polar surface area (TPSA) is 41.8 Å². The minimum atomic E-state index is -0.461. The second-order valence-corrected chi connectivity index (χ2v) is 2.92. The highest BCUT2D eigenvalue weighted by Crippen LogP contribution is 2.14. The van der Waals surface area contributed by atoms with E-state index >= 15 is 0 Å². The maximum atomic E-state index is 11.2. The molecule has 1 atom stereocenters. The van der Waals surface area contributed by atoms with Gasteiger partial charge < -0.3 is 0 Å². The second kappa shape index (κ2) is 2.68. The summed E-state index contributed by atoms with van der Waals surface area (Å²) in [7, 11) is 0. The maximum absolute atomic E-state index is 11.2.